The zero-order valence-electron chi connectivity index (χ0n) is 11.5. The van der Waals surface area contributed by atoms with Crippen LogP contribution in [-0.2, 0) is 28.6 Å². The largest absolute Gasteiger partial charge is 0.353 e. The van der Waals surface area contributed by atoms with E-state index in [9.17, 15) is 9.00 Å². The van der Waals surface area contributed by atoms with Gasteiger partial charge in [-0.2, -0.15) is 0 Å². The molecular weight excluding hydrogens is 260 g/mol. The van der Waals surface area contributed by atoms with Gasteiger partial charge in [-0.1, -0.05) is 24.3 Å². The lowest BCUT2D eigenvalue weighted by atomic mass is 10.0. The molecule has 0 saturated carbocycles. The fraction of sp³-hybridized carbons (Fsp3) is 0.500. The molecule has 0 heterocycles. The van der Waals surface area contributed by atoms with Crippen molar-refractivity contribution in [2.75, 3.05) is 12.0 Å². The van der Waals surface area contributed by atoms with Gasteiger partial charge < -0.3 is 11.1 Å². The van der Waals surface area contributed by atoms with Crippen molar-refractivity contribution in [3.8, 4) is 0 Å². The van der Waals surface area contributed by atoms with E-state index in [4.69, 9.17) is 5.73 Å². The Morgan fingerprint density at radius 3 is 2.58 bits per heavy atom. The highest BCUT2D eigenvalue weighted by atomic mass is 32.2. The molecular formula is C14H22N2O2S. The van der Waals surface area contributed by atoms with Crippen molar-refractivity contribution >= 4 is 16.7 Å². The van der Waals surface area contributed by atoms with Crippen LogP contribution in [0.2, 0.25) is 0 Å². The molecule has 0 aliphatic rings. The lowest BCUT2D eigenvalue weighted by Crippen LogP contribution is -2.34. The minimum Gasteiger partial charge on any atom is -0.353 e. The van der Waals surface area contributed by atoms with E-state index in [0.29, 0.717) is 18.7 Å². The molecule has 0 bridgehead atoms. The molecule has 0 aromatic heterocycles. The zero-order chi connectivity index (χ0) is 14.3. The molecule has 106 valence electrons. The van der Waals surface area contributed by atoms with E-state index in [0.717, 1.165) is 17.5 Å². The second kappa shape index (κ2) is 8.07. The van der Waals surface area contributed by atoms with Gasteiger partial charge in [0, 0.05) is 35.4 Å². The zero-order valence-corrected chi connectivity index (χ0v) is 12.3. The highest BCUT2D eigenvalue weighted by Crippen LogP contribution is 2.08. The number of hydrogen-bond donors (Lipinski definition) is 2. The summed E-state index contributed by atoms with van der Waals surface area (Å²) in [6.07, 6.45) is 2.74. The van der Waals surface area contributed by atoms with E-state index in [1.807, 2.05) is 31.2 Å². The van der Waals surface area contributed by atoms with Crippen molar-refractivity contribution in [2.45, 2.75) is 32.4 Å². The number of amides is 1. The summed E-state index contributed by atoms with van der Waals surface area (Å²) in [7, 11) is -0.812. The van der Waals surface area contributed by atoms with Gasteiger partial charge in [-0.15, -0.1) is 0 Å². The standard InChI is InChI=1S/C14H22N2O2S/c1-11(7-8-19(2)18)16-14(17)9-12-5-3-4-6-13(12)10-15/h3-6,11H,7-10,15H2,1-2H3,(H,16,17). The number of nitrogens with two attached hydrogens (primary N) is 1. The third-order valence-electron chi connectivity index (χ3n) is 2.94. The van der Waals surface area contributed by atoms with Gasteiger partial charge in [0.25, 0.3) is 0 Å². The van der Waals surface area contributed by atoms with Crippen LogP contribution in [0.15, 0.2) is 24.3 Å². The lowest BCUT2D eigenvalue weighted by molar-refractivity contribution is -0.121. The average molecular weight is 282 g/mol. The van der Waals surface area contributed by atoms with Crippen LogP contribution < -0.4 is 11.1 Å². The fourth-order valence-electron chi connectivity index (χ4n) is 1.84. The third-order valence-corrected chi connectivity index (χ3v) is 3.75. The summed E-state index contributed by atoms with van der Waals surface area (Å²) in [6.45, 7) is 2.37. The predicted molar refractivity (Wildman–Crippen MR) is 79.2 cm³/mol. The summed E-state index contributed by atoms with van der Waals surface area (Å²) in [5.41, 5.74) is 7.61. The van der Waals surface area contributed by atoms with Crippen LogP contribution >= 0.6 is 0 Å². The Kier molecular flexibility index (Phi) is 6.73. The summed E-state index contributed by atoms with van der Waals surface area (Å²) in [5.74, 6) is 0.594. The van der Waals surface area contributed by atoms with Crippen LogP contribution in [0.5, 0.6) is 0 Å². The Morgan fingerprint density at radius 1 is 1.37 bits per heavy atom. The first kappa shape index (κ1) is 15.9. The smallest absolute Gasteiger partial charge is 0.224 e. The minimum absolute atomic E-state index is 0.0183. The van der Waals surface area contributed by atoms with Crippen LogP contribution in [0.3, 0.4) is 0 Å². The van der Waals surface area contributed by atoms with Crippen molar-refractivity contribution in [1.29, 1.82) is 0 Å². The number of hydrogen-bond acceptors (Lipinski definition) is 3. The predicted octanol–water partition coefficient (Wildman–Crippen LogP) is 0.961. The molecule has 4 nitrogen and oxygen atoms in total. The van der Waals surface area contributed by atoms with Crippen LogP contribution in [0, 0.1) is 0 Å². The molecule has 1 amide bonds. The molecule has 1 aromatic carbocycles. The first-order valence-corrected chi connectivity index (χ1v) is 8.12. The molecule has 2 atom stereocenters. The van der Waals surface area contributed by atoms with Crippen LogP contribution in [-0.4, -0.2) is 28.2 Å². The van der Waals surface area contributed by atoms with E-state index in [2.05, 4.69) is 5.32 Å². The topological polar surface area (TPSA) is 72.2 Å². The van der Waals surface area contributed by atoms with Crippen molar-refractivity contribution in [2.24, 2.45) is 5.73 Å². The minimum atomic E-state index is -0.812. The Balaban J connectivity index is 2.48. The number of nitrogens with one attached hydrogen (secondary N) is 1. The van der Waals surface area contributed by atoms with E-state index in [1.165, 1.54) is 0 Å². The van der Waals surface area contributed by atoms with Crippen molar-refractivity contribution in [3.63, 3.8) is 0 Å². The van der Waals surface area contributed by atoms with Gasteiger partial charge in [-0.3, -0.25) is 9.00 Å². The summed E-state index contributed by atoms with van der Waals surface area (Å²) in [5, 5.41) is 2.92. The number of carbonyl (C=O) groups is 1. The molecule has 19 heavy (non-hydrogen) atoms. The summed E-state index contributed by atoms with van der Waals surface area (Å²) in [6, 6.07) is 7.73. The molecule has 0 fully saturated rings. The number of carbonyl (C=O) groups excluding carboxylic acids is 1. The fourth-order valence-corrected chi connectivity index (χ4v) is 2.53. The summed E-state index contributed by atoms with van der Waals surface area (Å²) >= 11 is 0. The second-order valence-electron chi connectivity index (χ2n) is 4.68. The molecule has 1 aromatic rings. The average Bonchev–Trinajstić information content (AvgIpc) is 2.37. The van der Waals surface area contributed by atoms with Crippen molar-refractivity contribution < 1.29 is 9.00 Å². The van der Waals surface area contributed by atoms with Gasteiger partial charge in [-0.25, -0.2) is 0 Å². The van der Waals surface area contributed by atoms with Crippen LogP contribution in [0.1, 0.15) is 24.5 Å². The number of rotatable bonds is 7. The molecule has 5 heteroatoms. The SMILES string of the molecule is CC(CCS(C)=O)NC(=O)Cc1ccccc1CN. The Labute approximate surface area is 117 Å². The molecule has 0 aliphatic heterocycles. The first-order chi connectivity index (χ1) is 9.02. The van der Waals surface area contributed by atoms with Gasteiger partial charge in [0.05, 0.1) is 6.42 Å². The van der Waals surface area contributed by atoms with Gasteiger partial charge in [0.15, 0.2) is 0 Å². The van der Waals surface area contributed by atoms with E-state index in [1.54, 1.807) is 6.26 Å². The maximum Gasteiger partial charge on any atom is 0.224 e. The monoisotopic (exact) mass is 282 g/mol. The summed E-state index contributed by atoms with van der Waals surface area (Å²) < 4.78 is 11.0. The Morgan fingerprint density at radius 2 is 2.00 bits per heavy atom. The maximum atomic E-state index is 11.9. The molecule has 0 aliphatic carbocycles. The number of benzene rings is 1. The first-order valence-electron chi connectivity index (χ1n) is 6.39. The molecule has 2 unspecified atom stereocenters. The van der Waals surface area contributed by atoms with Crippen LogP contribution in [0.4, 0.5) is 0 Å². The van der Waals surface area contributed by atoms with Crippen molar-refractivity contribution in [3.05, 3.63) is 35.4 Å². The maximum absolute atomic E-state index is 11.9. The normalized spacial score (nSPS) is 13.8. The van der Waals surface area contributed by atoms with E-state index >= 15 is 0 Å². The molecule has 0 saturated heterocycles. The molecule has 0 spiro atoms. The Hall–Kier alpha value is -1.20. The highest BCUT2D eigenvalue weighted by molar-refractivity contribution is 7.84. The summed E-state index contributed by atoms with van der Waals surface area (Å²) in [4.78, 5) is 11.9. The van der Waals surface area contributed by atoms with E-state index < -0.39 is 10.8 Å². The van der Waals surface area contributed by atoms with Gasteiger partial charge in [-0.05, 0) is 24.5 Å². The Bertz CT molecular complexity index is 449. The van der Waals surface area contributed by atoms with E-state index in [-0.39, 0.29) is 11.9 Å². The molecule has 0 radical (unpaired) electrons. The highest BCUT2D eigenvalue weighted by Gasteiger charge is 2.10. The van der Waals surface area contributed by atoms with Crippen LogP contribution in [0.25, 0.3) is 0 Å². The van der Waals surface area contributed by atoms with Gasteiger partial charge in [0.2, 0.25) is 5.91 Å². The van der Waals surface area contributed by atoms with Gasteiger partial charge in [0.1, 0.15) is 0 Å². The third kappa shape index (κ3) is 5.98. The van der Waals surface area contributed by atoms with Crippen molar-refractivity contribution in [1.82, 2.24) is 5.32 Å². The molecule has 1 rings (SSSR count). The van der Waals surface area contributed by atoms with Gasteiger partial charge >= 0.3 is 0 Å². The second-order valence-corrected chi connectivity index (χ2v) is 6.24. The molecule has 3 N–H and O–H groups in total. The quantitative estimate of drug-likeness (QED) is 0.782. The lowest BCUT2D eigenvalue weighted by Gasteiger charge is -2.14.